The van der Waals surface area contributed by atoms with Crippen molar-refractivity contribution in [2.24, 2.45) is 5.92 Å². The summed E-state index contributed by atoms with van der Waals surface area (Å²) in [6, 6.07) is 2.25. The molecular formula is C15H24N4O2. The molecule has 116 valence electrons. The van der Waals surface area contributed by atoms with Gasteiger partial charge in [0.25, 0.3) is 0 Å². The summed E-state index contributed by atoms with van der Waals surface area (Å²) in [5, 5.41) is 15.5. The first kappa shape index (κ1) is 14.8. The summed E-state index contributed by atoms with van der Waals surface area (Å²) < 4.78 is 5.71. The summed E-state index contributed by atoms with van der Waals surface area (Å²) in [4.78, 5) is 14.9. The molecule has 1 amide bonds. The molecule has 3 saturated heterocycles. The van der Waals surface area contributed by atoms with Crippen molar-refractivity contribution in [2.45, 2.75) is 50.0 Å². The van der Waals surface area contributed by atoms with Crippen LogP contribution >= 0.6 is 0 Å². The van der Waals surface area contributed by atoms with E-state index in [0.29, 0.717) is 6.42 Å². The van der Waals surface area contributed by atoms with E-state index in [2.05, 4.69) is 28.7 Å². The first-order valence-corrected chi connectivity index (χ1v) is 7.94. The van der Waals surface area contributed by atoms with Gasteiger partial charge in [-0.05, 0) is 52.4 Å². The molecule has 0 aromatic heterocycles. The zero-order valence-corrected chi connectivity index (χ0v) is 12.5. The highest BCUT2D eigenvalue weighted by Crippen LogP contribution is 2.33. The van der Waals surface area contributed by atoms with Gasteiger partial charge in [-0.25, -0.2) is 0 Å². The molecule has 4 atom stereocenters. The minimum atomic E-state index is -0.349. The van der Waals surface area contributed by atoms with Crippen LogP contribution in [0.25, 0.3) is 0 Å². The van der Waals surface area contributed by atoms with Crippen LogP contribution in [0.1, 0.15) is 25.7 Å². The summed E-state index contributed by atoms with van der Waals surface area (Å²) in [6.07, 6.45) is 3.30. The molecule has 0 bridgehead atoms. The van der Waals surface area contributed by atoms with Gasteiger partial charge < -0.3 is 20.3 Å². The van der Waals surface area contributed by atoms with E-state index in [-0.39, 0.29) is 36.1 Å². The maximum absolute atomic E-state index is 12.6. The second-order valence-corrected chi connectivity index (χ2v) is 6.50. The van der Waals surface area contributed by atoms with Gasteiger partial charge in [0.15, 0.2) is 0 Å². The number of hydrogen-bond acceptors (Lipinski definition) is 5. The minimum Gasteiger partial charge on any atom is -0.360 e. The molecule has 3 aliphatic heterocycles. The molecule has 3 heterocycles. The summed E-state index contributed by atoms with van der Waals surface area (Å²) >= 11 is 0. The van der Waals surface area contributed by atoms with Gasteiger partial charge in [0.2, 0.25) is 5.91 Å². The summed E-state index contributed by atoms with van der Waals surface area (Å²) in [5.41, 5.74) is 0. The molecule has 0 saturated carbocycles. The lowest BCUT2D eigenvalue weighted by molar-refractivity contribution is -0.127. The Kier molecular flexibility index (Phi) is 4.43. The molecule has 4 unspecified atom stereocenters. The predicted octanol–water partition coefficient (Wildman–Crippen LogP) is -0.144. The highest BCUT2D eigenvalue weighted by atomic mass is 16.5. The third-order valence-corrected chi connectivity index (χ3v) is 5.02. The molecule has 6 nitrogen and oxygen atoms in total. The fraction of sp³-hybridized carbons (Fsp3) is 0.867. The van der Waals surface area contributed by atoms with Gasteiger partial charge in [-0.1, -0.05) is 0 Å². The number of carbonyl (C=O) groups excluding carboxylic acids is 1. The van der Waals surface area contributed by atoms with E-state index in [9.17, 15) is 4.79 Å². The first-order valence-electron chi connectivity index (χ1n) is 7.94. The van der Waals surface area contributed by atoms with E-state index in [1.807, 2.05) is 0 Å². The number of ether oxygens (including phenoxy) is 1. The zero-order valence-electron chi connectivity index (χ0n) is 12.5. The number of hydrogen-bond donors (Lipinski definition) is 2. The Morgan fingerprint density at radius 1 is 1.38 bits per heavy atom. The van der Waals surface area contributed by atoms with Crippen LogP contribution in [-0.2, 0) is 9.53 Å². The molecule has 2 N–H and O–H groups in total. The van der Waals surface area contributed by atoms with Gasteiger partial charge in [0, 0.05) is 12.0 Å². The summed E-state index contributed by atoms with van der Waals surface area (Å²) in [7, 11) is 2.11. The lowest BCUT2D eigenvalue weighted by Crippen LogP contribution is -2.57. The predicted molar refractivity (Wildman–Crippen MR) is 77.5 cm³/mol. The van der Waals surface area contributed by atoms with Gasteiger partial charge in [0.1, 0.15) is 6.10 Å². The van der Waals surface area contributed by atoms with E-state index in [4.69, 9.17) is 10.00 Å². The van der Waals surface area contributed by atoms with Crippen LogP contribution in [0.4, 0.5) is 0 Å². The highest BCUT2D eigenvalue weighted by molar-refractivity contribution is 5.82. The van der Waals surface area contributed by atoms with Crippen molar-refractivity contribution >= 4 is 5.91 Å². The van der Waals surface area contributed by atoms with Gasteiger partial charge in [-0.15, -0.1) is 0 Å². The Morgan fingerprint density at radius 3 is 2.86 bits per heavy atom. The van der Waals surface area contributed by atoms with Crippen molar-refractivity contribution in [3.8, 4) is 6.07 Å². The number of nitrogens with one attached hydrogen (secondary N) is 2. The third kappa shape index (κ3) is 3.20. The number of likely N-dealkylation sites (tertiary alicyclic amines) is 1. The van der Waals surface area contributed by atoms with Crippen LogP contribution in [0.5, 0.6) is 0 Å². The van der Waals surface area contributed by atoms with Crippen LogP contribution in [0, 0.1) is 17.2 Å². The van der Waals surface area contributed by atoms with E-state index < -0.39 is 0 Å². The summed E-state index contributed by atoms with van der Waals surface area (Å²) in [5.74, 6) is 0.219. The average Bonchev–Trinajstić information content (AvgIpc) is 2.92. The number of nitriles is 1. The monoisotopic (exact) mass is 292 g/mol. The molecule has 3 rings (SSSR count). The van der Waals surface area contributed by atoms with Gasteiger partial charge in [0.05, 0.1) is 18.2 Å². The van der Waals surface area contributed by atoms with Crippen molar-refractivity contribution in [1.82, 2.24) is 15.5 Å². The van der Waals surface area contributed by atoms with E-state index in [1.165, 1.54) is 0 Å². The third-order valence-electron chi connectivity index (χ3n) is 5.02. The largest absolute Gasteiger partial charge is 0.360 e. The molecular weight excluding hydrogens is 268 g/mol. The Hall–Kier alpha value is -1.16. The summed E-state index contributed by atoms with van der Waals surface area (Å²) in [6.45, 7) is 2.86. The molecule has 3 fully saturated rings. The molecule has 0 radical (unpaired) electrons. The molecule has 6 heteroatoms. The molecule has 0 aromatic rings. The minimum absolute atomic E-state index is 0.0594. The van der Waals surface area contributed by atoms with Crippen LogP contribution < -0.4 is 10.6 Å². The first-order chi connectivity index (χ1) is 10.2. The van der Waals surface area contributed by atoms with E-state index in [1.54, 1.807) is 0 Å². The number of piperidine rings is 2. The second kappa shape index (κ2) is 6.30. The molecule has 0 spiro atoms. The Labute approximate surface area is 125 Å². The zero-order chi connectivity index (χ0) is 14.8. The normalized spacial score (nSPS) is 37.7. The van der Waals surface area contributed by atoms with Crippen molar-refractivity contribution in [3.63, 3.8) is 0 Å². The Bertz CT molecular complexity index is 428. The van der Waals surface area contributed by atoms with E-state index >= 15 is 0 Å². The van der Waals surface area contributed by atoms with E-state index in [0.717, 1.165) is 38.9 Å². The SMILES string of the molecule is CN1CCC(NC(=O)C2NCCC3OC(C#N)CC32)CC1. The Balaban J connectivity index is 1.58. The highest BCUT2D eigenvalue weighted by Gasteiger charge is 2.45. The van der Waals surface area contributed by atoms with Crippen molar-refractivity contribution in [2.75, 3.05) is 26.7 Å². The van der Waals surface area contributed by atoms with Crippen LogP contribution in [-0.4, -0.2) is 61.8 Å². The number of rotatable bonds is 2. The van der Waals surface area contributed by atoms with Crippen molar-refractivity contribution in [3.05, 3.63) is 0 Å². The van der Waals surface area contributed by atoms with Crippen LogP contribution in [0.2, 0.25) is 0 Å². The standard InChI is InChI=1S/C15H24N4O2/c1-19-6-3-10(4-7-19)18-15(20)14-12-8-11(9-16)21-13(12)2-5-17-14/h10-14,17H,2-8H2,1H3,(H,18,20). The topological polar surface area (TPSA) is 77.4 Å². The number of fused-ring (bicyclic) bond motifs is 1. The molecule has 0 aromatic carbocycles. The lowest BCUT2D eigenvalue weighted by Gasteiger charge is -2.35. The number of carbonyl (C=O) groups is 1. The average molecular weight is 292 g/mol. The second-order valence-electron chi connectivity index (χ2n) is 6.50. The molecule has 3 aliphatic rings. The van der Waals surface area contributed by atoms with Gasteiger partial charge >= 0.3 is 0 Å². The quantitative estimate of drug-likeness (QED) is 0.740. The van der Waals surface area contributed by atoms with Crippen LogP contribution in [0.15, 0.2) is 0 Å². The maximum Gasteiger partial charge on any atom is 0.237 e. The van der Waals surface area contributed by atoms with Gasteiger partial charge in [-0.2, -0.15) is 5.26 Å². The van der Waals surface area contributed by atoms with Crippen LogP contribution in [0.3, 0.4) is 0 Å². The molecule has 0 aliphatic carbocycles. The number of amides is 1. The molecule has 21 heavy (non-hydrogen) atoms. The Morgan fingerprint density at radius 2 is 2.14 bits per heavy atom. The number of nitrogens with zero attached hydrogens (tertiary/aromatic N) is 2. The fourth-order valence-electron chi connectivity index (χ4n) is 3.75. The van der Waals surface area contributed by atoms with Gasteiger partial charge in [-0.3, -0.25) is 4.79 Å². The van der Waals surface area contributed by atoms with Crippen molar-refractivity contribution in [1.29, 1.82) is 5.26 Å². The maximum atomic E-state index is 12.6. The lowest BCUT2D eigenvalue weighted by atomic mass is 9.86. The fourth-order valence-corrected chi connectivity index (χ4v) is 3.75. The smallest absolute Gasteiger partial charge is 0.237 e. The van der Waals surface area contributed by atoms with Crippen molar-refractivity contribution < 1.29 is 9.53 Å².